The third-order valence-corrected chi connectivity index (χ3v) is 4.23. The van der Waals surface area contributed by atoms with E-state index in [1.54, 1.807) is 11.7 Å². The highest BCUT2D eigenvalue weighted by Gasteiger charge is 2.09. The Morgan fingerprint density at radius 1 is 1.44 bits per heavy atom. The number of nitrogens with one attached hydrogen (secondary N) is 2. The molecule has 0 atom stereocenters. The lowest BCUT2D eigenvalue weighted by Crippen LogP contribution is -2.26. The Balaban J connectivity index is 2.23. The second-order valence-electron chi connectivity index (χ2n) is 3.42. The minimum absolute atomic E-state index is 0.188. The zero-order valence-electron chi connectivity index (χ0n) is 9.27. The van der Waals surface area contributed by atoms with Crippen molar-refractivity contribution in [1.82, 2.24) is 15.0 Å². The van der Waals surface area contributed by atoms with Crippen LogP contribution in [0.5, 0.6) is 0 Å². The van der Waals surface area contributed by atoms with Crippen molar-refractivity contribution in [2.75, 3.05) is 19.3 Å². The summed E-state index contributed by atoms with van der Waals surface area (Å²) >= 11 is 1.45. The largest absolute Gasteiger partial charge is 0.320 e. The van der Waals surface area contributed by atoms with Crippen LogP contribution in [0.4, 0.5) is 0 Å². The van der Waals surface area contributed by atoms with Crippen molar-refractivity contribution in [3.63, 3.8) is 0 Å². The van der Waals surface area contributed by atoms with Gasteiger partial charge >= 0.3 is 0 Å². The molecule has 0 unspecified atom stereocenters. The molecule has 0 amide bonds. The first kappa shape index (κ1) is 13.6. The zero-order chi connectivity index (χ0) is 11.9. The number of rotatable bonds is 8. The topological polar surface area (TPSA) is 71.1 Å². The lowest BCUT2D eigenvalue weighted by Gasteiger charge is -2.05. The second-order valence-corrected chi connectivity index (χ2v) is 6.32. The summed E-state index contributed by atoms with van der Waals surface area (Å²) in [4.78, 5) is 4.81. The van der Waals surface area contributed by atoms with E-state index in [4.69, 9.17) is 0 Å². The SMILES string of the molecule is CNCCCCS(=O)(=O)NCc1cncs1. The molecular weight excluding hydrogens is 246 g/mol. The van der Waals surface area contributed by atoms with E-state index in [2.05, 4.69) is 15.0 Å². The van der Waals surface area contributed by atoms with Gasteiger partial charge in [-0.25, -0.2) is 13.1 Å². The van der Waals surface area contributed by atoms with Crippen molar-refractivity contribution in [2.24, 2.45) is 0 Å². The Hall–Kier alpha value is -0.500. The molecule has 0 aliphatic heterocycles. The van der Waals surface area contributed by atoms with E-state index in [0.717, 1.165) is 17.8 Å². The Morgan fingerprint density at radius 3 is 2.88 bits per heavy atom. The molecule has 0 aromatic carbocycles. The summed E-state index contributed by atoms with van der Waals surface area (Å²) in [6, 6.07) is 0. The van der Waals surface area contributed by atoms with Gasteiger partial charge < -0.3 is 5.32 Å². The molecule has 16 heavy (non-hydrogen) atoms. The van der Waals surface area contributed by atoms with Crippen LogP contribution < -0.4 is 10.0 Å². The number of hydrogen-bond donors (Lipinski definition) is 2. The van der Waals surface area contributed by atoms with Gasteiger partial charge in [-0.15, -0.1) is 11.3 Å². The van der Waals surface area contributed by atoms with Crippen LogP contribution in [0.1, 0.15) is 17.7 Å². The van der Waals surface area contributed by atoms with Crippen molar-refractivity contribution >= 4 is 21.4 Å². The Morgan fingerprint density at radius 2 is 2.25 bits per heavy atom. The van der Waals surface area contributed by atoms with Crippen molar-refractivity contribution in [2.45, 2.75) is 19.4 Å². The molecule has 1 aromatic heterocycles. The van der Waals surface area contributed by atoms with Crippen LogP contribution in [0.2, 0.25) is 0 Å². The molecule has 0 saturated carbocycles. The third-order valence-electron chi connectivity index (χ3n) is 2.04. The Kier molecular flexibility index (Phi) is 5.89. The molecule has 0 bridgehead atoms. The Bertz CT molecular complexity index is 375. The lowest BCUT2D eigenvalue weighted by atomic mass is 10.3. The molecule has 1 aromatic rings. The molecule has 1 heterocycles. The maximum atomic E-state index is 11.5. The average molecular weight is 263 g/mol. The molecule has 0 fully saturated rings. The summed E-state index contributed by atoms with van der Waals surface area (Å²) in [6.45, 7) is 1.20. The highest BCUT2D eigenvalue weighted by Crippen LogP contribution is 2.05. The molecule has 5 nitrogen and oxygen atoms in total. The summed E-state index contributed by atoms with van der Waals surface area (Å²) < 4.78 is 25.6. The summed E-state index contributed by atoms with van der Waals surface area (Å²) in [7, 11) is -1.28. The van der Waals surface area contributed by atoms with E-state index in [1.807, 2.05) is 7.05 Å². The first-order valence-electron chi connectivity index (χ1n) is 5.13. The monoisotopic (exact) mass is 263 g/mol. The fourth-order valence-corrected chi connectivity index (χ4v) is 2.91. The van der Waals surface area contributed by atoms with E-state index >= 15 is 0 Å². The molecule has 0 aliphatic carbocycles. The molecule has 92 valence electrons. The van der Waals surface area contributed by atoms with Gasteiger partial charge in [-0.3, -0.25) is 4.98 Å². The van der Waals surface area contributed by atoms with Gasteiger partial charge in [0.05, 0.1) is 11.3 Å². The number of thiazole rings is 1. The van der Waals surface area contributed by atoms with E-state index in [-0.39, 0.29) is 5.75 Å². The number of aromatic nitrogens is 1. The number of hydrogen-bond acceptors (Lipinski definition) is 5. The molecule has 0 aliphatic rings. The molecular formula is C9H17N3O2S2. The second kappa shape index (κ2) is 6.95. The fraction of sp³-hybridized carbons (Fsp3) is 0.667. The molecule has 0 spiro atoms. The predicted octanol–water partition coefficient (Wildman–Crippen LogP) is 0.562. The summed E-state index contributed by atoms with van der Waals surface area (Å²) in [5.41, 5.74) is 1.69. The van der Waals surface area contributed by atoms with Gasteiger partial charge in [0.25, 0.3) is 0 Å². The van der Waals surface area contributed by atoms with Crippen LogP contribution in [0.15, 0.2) is 11.7 Å². The van der Waals surface area contributed by atoms with E-state index in [1.165, 1.54) is 11.3 Å². The number of sulfonamides is 1. The summed E-state index contributed by atoms with van der Waals surface area (Å²) in [5.74, 6) is 0.188. The van der Waals surface area contributed by atoms with Gasteiger partial charge in [-0.2, -0.15) is 0 Å². The molecule has 0 saturated heterocycles. The van der Waals surface area contributed by atoms with Crippen LogP contribution in [-0.4, -0.2) is 32.7 Å². The molecule has 7 heteroatoms. The number of nitrogens with zero attached hydrogens (tertiary/aromatic N) is 1. The highest BCUT2D eigenvalue weighted by molar-refractivity contribution is 7.89. The van der Waals surface area contributed by atoms with Gasteiger partial charge in [0, 0.05) is 17.6 Å². The minimum atomic E-state index is -3.14. The standard InChI is InChI=1S/C9H17N3O2S2/c1-10-4-2-3-5-16(13,14)12-7-9-6-11-8-15-9/h6,8,10,12H,2-5,7H2,1H3. The summed E-state index contributed by atoms with van der Waals surface area (Å²) in [5, 5.41) is 2.99. The molecule has 0 radical (unpaired) electrons. The smallest absolute Gasteiger partial charge is 0.211 e. The maximum Gasteiger partial charge on any atom is 0.211 e. The van der Waals surface area contributed by atoms with Crippen LogP contribution in [0, 0.1) is 0 Å². The predicted molar refractivity (Wildman–Crippen MR) is 65.9 cm³/mol. The van der Waals surface area contributed by atoms with E-state index in [9.17, 15) is 8.42 Å². The quantitative estimate of drug-likeness (QED) is 0.672. The van der Waals surface area contributed by atoms with Crippen molar-refractivity contribution < 1.29 is 8.42 Å². The van der Waals surface area contributed by atoms with Crippen LogP contribution >= 0.6 is 11.3 Å². The van der Waals surface area contributed by atoms with Gasteiger partial charge in [-0.05, 0) is 26.4 Å². The normalized spacial score (nSPS) is 11.8. The first-order chi connectivity index (χ1) is 7.64. The van der Waals surface area contributed by atoms with Crippen LogP contribution in [0.25, 0.3) is 0 Å². The van der Waals surface area contributed by atoms with Crippen molar-refractivity contribution in [3.05, 3.63) is 16.6 Å². The average Bonchev–Trinajstić information content (AvgIpc) is 2.75. The van der Waals surface area contributed by atoms with Crippen LogP contribution in [-0.2, 0) is 16.6 Å². The minimum Gasteiger partial charge on any atom is -0.320 e. The summed E-state index contributed by atoms with van der Waals surface area (Å²) in [6.07, 6.45) is 3.23. The van der Waals surface area contributed by atoms with Gasteiger partial charge in [-0.1, -0.05) is 0 Å². The van der Waals surface area contributed by atoms with Gasteiger partial charge in [0.2, 0.25) is 10.0 Å². The molecule has 2 N–H and O–H groups in total. The maximum absolute atomic E-state index is 11.5. The van der Waals surface area contributed by atoms with Crippen molar-refractivity contribution in [3.8, 4) is 0 Å². The fourth-order valence-electron chi connectivity index (χ4n) is 1.18. The first-order valence-corrected chi connectivity index (χ1v) is 7.66. The third kappa shape index (κ3) is 5.55. The van der Waals surface area contributed by atoms with E-state index in [0.29, 0.717) is 13.0 Å². The van der Waals surface area contributed by atoms with E-state index < -0.39 is 10.0 Å². The van der Waals surface area contributed by atoms with Gasteiger partial charge in [0.1, 0.15) is 0 Å². The van der Waals surface area contributed by atoms with Crippen molar-refractivity contribution in [1.29, 1.82) is 0 Å². The van der Waals surface area contributed by atoms with Gasteiger partial charge in [0.15, 0.2) is 0 Å². The highest BCUT2D eigenvalue weighted by atomic mass is 32.2. The lowest BCUT2D eigenvalue weighted by molar-refractivity contribution is 0.576. The van der Waals surface area contributed by atoms with Crippen LogP contribution in [0.3, 0.4) is 0 Å². The number of unbranched alkanes of at least 4 members (excludes halogenated alkanes) is 1. The Labute approximate surface area is 100 Å². The molecule has 1 rings (SSSR count). The zero-order valence-corrected chi connectivity index (χ0v) is 10.9.